The first-order valence-corrected chi connectivity index (χ1v) is 4.55. The third-order valence-electron chi connectivity index (χ3n) is 2.82. The van der Waals surface area contributed by atoms with Gasteiger partial charge in [-0.2, -0.15) is 0 Å². The molecule has 1 fully saturated rings. The zero-order valence-corrected chi connectivity index (χ0v) is 8.54. The van der Waals surface area contributed by atoms with Crippen molar-refractivity contribution in [3.05, 3.63) is 0 Å². The molecule has 1 amide bonds. The monoisotopic (exact) mass is 186 g/mol. The summed E-state index contributed by atoms with van der Waals surface area (Å²) in [6.07, 6.45) is 0.455. The van der Waals surface area contributed by atoms with E-state index in [1.54, 1.807) is 12.0 Å². The molecule has 1 aliphatic heterocycles. The Kier molecular flexibility index (Phi) is 2.93. The molecule has 1 rings (SSSR count). The molecular weight excluding hydrogens is 168 g/mol. The van der Waals surface area contributed by atoms with Crippen LogP contribution in [0.4, 0.5) is 0 Å². The third kappa shape index (κ3) is 1.84. The molecule has 0 radical (unpaired) electrons. The summed E-state index contributed by atoms with van der Waals surface area (Å²) in [5, 5.41) is 0. The van der Waals surface area contributed by atoms with Gasteiger partial charge in [0, 0.05) is 26.1 Å². The molecule has 1 saturated heterocycles. The van der Waals surface area contributed by atoms with Gasteiger partial charge in [-0.05, 0) is 13.8 Å². The van der Waals surface area contributed by atoms with Gasteiger partial charge in [0.25, 0.3) is 0 Å². The molecule has 0 bridgehead atoms. The van der Waals surface area contributed by atoms with Gasteiger partial charge in [0.2, 0.25) is 5.91 Å². The Balaban J connectivity index is 2.65. The van der Waals surface area contributed by atoms with Gasteiger partial charge in [0.05, 0.1) is 12.1 Å². The molecule has 2 N–H and O–H groups in total. The van der Waals surface area contributed by atoms with Gasteiger partial charge in [-0.3, -0.25) is 4.79 Å². The van der Waals surface area contributed by atoms with E-state index in [9.17, 15) is 4.79 Å². The summed E-state index contributed by atoms with van der Waals surface area (Å²) in [6, 6.07) is -0.0585. The van der Waals surface area contributed by atoms with Crippen molar-refractivity contribution >= 4 is 5.91 Å². The average Bonchev–Trinajstić information content (AvgIpc) is 2.21. The molecule has 1 aliphatic rings. The van der Waals surface area contributed by atoms with E-state index in [2.05, 4.69) is 0 Å². The summed E-state index contributed by atoms with van der Waals surface area (Å²) >= 11 is 0. The summed E-state index contributed by atoms with van der Waals surface area (Å²) in [5.74, 6) is 0.134. The van der Waals surface area contributed by atoms with Crippen LogP contribution in [0, 0.1) is 0 Å². The molecule has 0 aromatic carbocycles. The van der Waals surface area contributed by atoms with Gasteiger partial charge in [-0.15, -0.1) is 0 Å². The number of likely N-dealkylation sites (tertiary alicyclic amines) is 1. The van der Waals surface area contributed by atoms with Crippen molar-refractivity contribution in [3.8, 4) is 0 Å². The first kappa shape index (κ1) is 10.5. The summed E-state index contributed by atoms with van der Waals surface area (Å²) in [7, 11) is 1.63. The summed E-state index contributed by atoms with van der Waals surface area (Å²) in [4.78, 5) is 13.3. The van der Waals surface area contributed by atoms with Gasteiger partial charge < -0.3 is 15.4 Å². The van der Waals surface area contributed by atoms with Crippen LogP contribution in [0.2, 0.25) is 0 Å². The van der Waals surface area contributed by atoms with Crippen molar-refractivity contribution in [2.75, 3.05) is 20.3 Å². The number of carbonyl (C=O) groups excluding carboxylic acids is 1. The first-order chi connectivity index (χ1) is 6.00. The second kappa shape index (κ2) is 3.64. The highest BCUT2D eigenvalue weighted by Gasteiger charge is 2.43. The highest BCUT2D eigenvalue weighted by atomic mass is 16.5. The predicted octanol–water partition coefficient (Wildman–Crippen LogP) is -0.0290. The highest BCUT2D eigenvalue weighted by molar-refractivity contribution is 5.80. The lowest BCUT2D eigenvalue weighted by Crippen LogP contribution is -2.50. The molecular formula is C9H18N2O2. The number of rotatable bonds is 3. The summed E-state index contributed by atoms with van der Waals surface area (Å²) in [6.45, 7) is 5.20. The van der Waals surface area contributed by atoms with Crippen LogP contribution < -0.4 is 5.73 Å². The fourth-order valence-electron chi connectivity index (χ4n) is 1.67. The van der Waals surface area contributed by atoms with Gasteiger partial charge in [-0.1, -0.05) is 0 Å². The van der Waals surface area contributed by atoms with Crippen LogP contribution in [0.15, 0.2) is 0 Å². The molecule has 76 valence electrons. The third-order valence-corrected chi connectivity index (χ3v) is 2.82. The smallest absolute Gasteiger partial charge is 0.224 e. The number of methoxy groups -OCH3 is 1. The van der Waals surface area contributed by atoms with E-state index < -0.39 is 0 Å². The molecule has 13 heavy (non-hydrogen) atoms. The average molecular weight is 186 g/mol. The predicted molar refractivity (Wildman–Crippen MR) is 50.3 cm³/mol. The van der Waals surface area contributed by atoms with Gasteiger partial charge >= 0.3 is 0 Å². The zero-order chi connectivity index (χ0) is 10.1. The maximum atomic E-state index is 11.5. The molecule has 4 heteroatoms. The Morgan fingerprint density at radius 1 is 1.69 bits per heavy atom. The number of hydrogen-bond acceptors (Lipinski definition) is 3. The van der Waals surface area contributed by atoms with Crippen LogP contribution in [-0.2, 0) is 9.53 Å². The highest BCUT2D eigenvalue weighted by Crippen LogP contribution is 2.27. The Hall–Kier alpha value is -0.610. The van der Waals surface area contributed by atoms with Crippen LogP contribution >= 0.6 is 0 Å². The fraction of sp³-hybridized carbons (Fsp3) is 0.889. The first-order valence-electron chi connectivity index (χ1n) is 4.55. The molecule has 0 aromatic heterocycles. The molecule has 0 saturated carbocycles. The van der Waals surface area contributed by atoms with Crippen LogP contribution in [0.1, 0.15) is 20.3 Å². The van der Waals surface area contributed by atoms with E-state index in [0.29, 0.717) is 19.6 Å². The number of nitrogens with zero attached hydrogens (tertiary/aromatic N) is 1. The lowest BCUT2D eigenvalue weighted by Gasteiger charge is -2.34. The Morgan fingerprint density at radius 2 is 2.31 bits per heavy atom. The van der Waals surface area contributed by atoms with Crippen molar-refractivity contribution in [1.29, 1.82) is 0 Å². The van der Waals surface area contributed by atoms with Crippen LogP contribution in [-0.4, -0.2) is 42.6 Å². The molecule has 0 aliphatic carbocycles. The maximum Gasteiger partial charge on any atom is 0.224 e. The summed E-state index contributed by atoms with van der Waals surface area (Å²) in [5.41, 5.74) is 5.64. The largest absolute Gasteiger partial charge is 0.383 e. The molecule has 1 unspecified atom stereocenters. The minimum absolute atomic E-state index is 0.0585. The van der Waals surface area contributed by atoms with Crippen LogP contribution in [0.3, 0.4) is 0 Å². The standard InChI is InChI=1S/C9H18N2O2/c1-9(2)7(10)6-8(12)11(9)4-5-13-3/h7H,4-6,10H2,1-3H3. The zero-order valence-electron chi connectivity index (χ0n) is 8.54. The van der Waals surface area contributed by atoms with E-state index in [0.717, 1.165) is 0 Å². The van der Waals surface area contributed by atoms with Gasteiger partial charge in [0.1, 0.15) is 0 Å². The lowest BCUT2D eigenvalue weighted by molar-refractivity contribution is -0.131. The molecule has 1 heterocycles. The van der Waals surface area contributed by atoms with E-state index in [4.69, 9.17) is 10.5 Å². The van der Waals surface area contributed by atoms with Crippen LogP contribution in [0.5, 0.6) is 0 Å². The van der Waals surface area contributed by atoms with E-state index in [-0.39, 0.29) is 17.5 Å². The molecule has 1 atom stereocenters. The molecule has 4 nitrogen and oxygen atoms in total. The van der Waals surface area contributed by atoms with Crippen LogP contribution in [0.25, 0.3) is 0 Å². The van der Waals surface area contributed by atoms with E-state index in [1.807, 2.05) is 13.8 Å². The molecule has 0 spiro atoms. The Morgan fingerprint density at radius 3 is 2.69 bits per heavy atom. The number of amides is 1. The number of nitrogens with two attached hydrogens (primary N) is 1. The van der Waals surface area contributed by atoms with Crippen molar-refractivity contribution in [2.45, 2.75) is 31.8 Å². The molecule has 0 aromatic rings. The van der Waals surface area contributed by atoms with Crippen molar-refractivity contribution in [1.82, 2.24) is 4.90 Å². The number of hydrogen-bond donors (Lipinski definition) is 1. The second-order valence-corrected chi connectivity index (χ2v) is 4.00. The van der Waals surface area contributed by atoms with Gasteiger partial charge in [-0.25, -0.2) is 0 Å². The van der Waals surface area contributed by atoms with Crippen molar-refractivity contribution in [3.63, 3.8) is 0 Å². The van der Waals surface area contributed by atoms with E-state index in [1.165, 1.54) is 0 Å². The number of carbonyl (C=O) groups is 1. The topological polar surface area (TPSA) is 55.6 Å². The fourth-order valence-corrected chi connectivity index (χ4v) is 1.67. The van der Waals surface area contributed by atoms with Gasteiger partial charge in [0.15, 0.2) is 0 Å². The maximum absolute atomic E-state index is 11.5. The van der Waals surface area contributed by atoms with Crippen molar-refractivity contribution < 1.29 is 9.53 Å². The minimum atomic E-state index is -0.227. The SMILES string of the molecule is COCCN1C(=O)CC(N)C1(C)C. The number of ether oxygens (including phenoxy) is 1. The lowest BCUT2D eigenvalue weighted by atomic mass is 9.97. The van der Waals surface area contributed by atoms with E-state index >= 15 is 0 Å². The second-order valence-electron chi connectivity index (χ2n) is 4.00. The normalized spacial score (nSPS) is 26.9. The quantitative estimate of drug-likeness (QED) is 0.673. The Labute approximate surface area is 79.0 Å². The Bertz CT molecular complexity index is 204. The van der Waals surface area contributed by atoms with Crippen molar-refractivity contribution in [2.24, 2.45) is 5.73 Å². The minimum Gasteiger partial charge on any atom is -0.383 e. The summed E-state index contributed by atoms with van der Waals surface area (Å²) < 4.78 is 4.95.